The molecule has 0 unspecified atom stereocenters. The number of alkyl halides is 6. The summed E-state index contributed by atoms with van der Waals surface area (Å²) in [4.78, 5) is 24.1. The molecule has 0 aromatic heterocycles. The molecule has 1 rings (SSSR count). The van der Waals surface area contributed by atoms with Crippen LogP contribution in [0, 0.1) is 0 Å². The van der Waals surface area contributed by atoms with E-state index < -0.39 is 41.0 Å². The third-order valence-electron chi connectivity index (χ3n) is 3.49. The molecule has 12 heteroatoms. The second kappa shape index (κ2) is 7.02. The highest BCUT2D eigenvalue weighted by atomic mass is 19.4. The number of nitrogens with two attached hydrogens (primary N) is 1. The maximum atomic E-state index is 12.9. The third kappa shape index (κ3) is 3.69. The third-order valence-corrected chi connectivity index (χ3v) is 3.49. The quantitative estimate of drug-likeness (QED) is 0.692. The average molecular weight is 387 g/mol. The van der Waals surface area contributed by atoms with E-state index in [9.17, 15) is 41.0 Å². The Morgan fingerprint density at radius 3 is 2.04 bits per heavy atom. The number of urea groups is 1. The first-order valence-electron chi connectivity index (χ1n) is 7.00. The fourth-order valence-electron chi connectivity index (χ4n) is 2.12. The summed E-state index contributed by atoms with van der Waals surface area (Å²) < 4.78 is 77.7. The van der Waals surface area contributed by atoms with Crippen molar-refractivity contribution in [1.29, 1.82) is 0 Å². The zero-order valence-electron chi connectivity index (χ0n) is 13.5. The number of halogens is 6. The molecular formula is C14H15F6N3O3. The minimum atomic E-state index is -6.12. The number of carbonyl (C=O) groups is 2. The summed E-state index contributed by atoms with van der Waals surface area (Å²) in [5.41, 5.74) is -2.99. The van der Waals surface area contributed by atoms with E-state index in [0.717, 1.165) is 11.9 Å². The van der Waals surface area contributed by atoms with Gasteiger partial charge in [-0.05, 0) is 19.1 Å². The Morgan fingerprint density at radius 2 is 1.65 bits per heavy atom. The number of anilines is 1. The highest BCUT2D eigenvalue weighted by Crippen LogP contribution is 2.50. The van der Waals surface area contributed by atoms with E-state index in [4.69, 9.17) is 5.73 Å². The first-order chi connectivity index (χ1) is 11.7. The van der Waals surface area contributed by atoms with E-state index >= 15 is 0 Å². The number of primary amides is 1. The SMILES string of the molecule is CCNC(=O)N(C)c1ccc(C(O)(C(F)(F)F)C(F)(F)F)cc1C(N)=O. The number of benzene rings is 1. The van der Waals surface area contributed by atoms with Crippen molar-refractivity contribution >= 4 is 17.6 Å². The van der Waals surface area contributed by atoms with E-state index in [-0.39, 0.29) is 18.3 Å². The lowest BCUT2D eigenvalue weighted by atomic mass is 9.90. The molecule has 1 aromatic rings. The zero-order valence-corrected chi connectivity index (χ0v) is 13.5. The summed E-state index contributed by atoms with van der Waals surface area (Å²) >= 11 is 0. The smallest absolute Gasteiger partial charge is 0.369 e. The minimum absolute atomic E-state index is 0.161. The molecule has 1 aromatic carbocycles. The van der Waals surface area contributed by atoms with Crippen LogP contribution in [0.2, 0.25) is 0 Å². The Bertz CT molecular complexity index is 688. The Morgan fingerprint density at radius 1 is 1.15 bits per heavy atom. The van der Waals surface area contributed by atoms with Gasteiger partial charge in [0.25, 0.3) is 11.5 Å². The monoisotopic (exact) mass is 387 g/mol. The lowest BCUT2D eigenvalue weighted by Crippen LogP contribution is -2.54. The van der Waals surface area contributed by atoms with Crippen LogP contribution in [0.3, 0.4) is 0 Å². The Kier molecular flexibility index (Phi) is 5.81. The molecule has 0 saturated heterocycles. The molecule has 0 atom stereocenters. The number of hydrogen-bond donors (Lipinski definition) is 3. The fourth-order valence-corrected chi connectivity index (χ4v) is 2.12. The maximum absolute atomic E-state index is 12.9. The fraction of sp³-hybridized carbons (Fsp3) is 0.429. The highest BCUT2D eigenvalue weighted by Gasteiger charge is 2.71. The number of carbonyl (C=O) groups excluding carboxylic acids is 2. The molecule has 0 saturated carbocycles. The lowest BCUT2D eigenvalue weighted by molar-refractivity contribution is -0.376. The second-order valence-corrected chi connectivity index (χ2v) is 5.20. The Labute approximate surface area is 143 Å². The Balaban J connectivity index is 3.62. The number of aliphatic hydroxyl groups is 1. The molecule has 0 aliphatic carbocycles. The van der Waals surface area contributed by atoms with E-state index in [1.165, 1.54) is 0 Å². The van der Waals surface area contributed by atoms with Gasteiger partial charge in [0.15, 0.2) is 0 Å². The highest BCUT2D eigenvalue weighted by molar-refractivity contribution is 6.03. The predicted octanol–water partition coefficient (Wildman–Crippen LogP) is 2.26. The van der Waals surface area contributed by atoms with Crippen molar-refractivity contribution in [3.8, 4) is 0 Å². The lowest BCUT2D eigenvalue weighted by Gasteiger charge is -2.33. The van der Waals surface area contributed by atoms with Crippen LogP contribution < -0.4 is 16.0 Å². The molecule has 146 valence electrons. The molecule has 26 heavy (non-hydrogen) atoms. The number of rotatable bonds is 4. The summed E-state index contributed by atoms with van der Waals surface area (Å²) in [6, 6.07) is 0.365. The first-order valence-corrected chi connectivity index (χ1v) is 7.00. The van der Waals surface area contributed by atoms with Crippen LogP contribution in [0.15, 0.2) is 18.2 Å². The topological polar surface area (TPSA) is 95.7 Å². The van der Waals surface area contributed by atoms with E-state index in [1.54, 1.807) is 6.92 Å². The van der Waals surface area contributed by atoms with Gasteiger partial charge in [0.05, 0.1) is 11.3 Å². The summed E-state index contributed by atoms with van der Waals surface area (Å²) in [5.74, 6) is -1.38. The van der Waals surface area contributed by atoms with Crippen molar-refractivity contribution in [2.24, 2.45) is 5.73 Å². The number of hydrogen-bond acceptors (Lipinski definition) is 3. The minimum Gasteiger partial charge on any atom is -0.369 e. The molecule has 0 bridgehead atoms. The van der Waals surface area contributed by atoms with Gasteiger partial charge in [0.1, 0.15) is 0 Å². The molecule has 0 aliphatic rings. The van der Waals surface area contributed by atoms with Crippen molar-refractivity contribution in [3.63, 3.8) is 0 Å². The second-order valence-electron chi connectivity index (χ2n) is 5.20. The van der Waals surface area contributed by atoms with Crippen molar-refractivity contribution in [2.75, 3.05) is 18.5 Å². The van der Waals surface area contributed by atoms with Crippen LogP contribution in [-0.2, 0) is 5.60 Å². The van der Waals surface area contributed by atoms with Crippen molar-refractivity contribution in [2.45, 2.75) is 24.9 Å². The molecule has 0 aliphatic heterocycles. The molecule has 0 fully saturated rings. The molecule has 6 nitrogen and oxygen atoms in total. The summed E-state index contributed by atoms with van der Waals surface area (Å²) in [6.07, 6.45) is -12.2. The number of nitrogens with zero attached hydrogens (tertiary/aromatic N) is 1. The number of nitrogens with one attached hydrogen (secondary N) is 1. The summed E-state index contributed by atoms with van der Waals surface area (Å²) in [5, 5.41) is 11.7. The van der Waals surface area contributed by atoms with Crippen LogP contribution in [0.5, 0.6) is 0 Å². The van der Waals surface area contributed by atoms with Crippen molar-refractivity contribution < 1.29 is 41.0 Å². The van der Waals surface area contributed by atoms with Gasteiger partial charge in [-0.25, -0.2) is 4.79 Å². The van der Waals surface area contributed by atoms with E-state index in [0.29, 0.717) is 12.1 Å². The van der Waals surface area contributed by atoms with Crippen molar-refractivity contribution in [1.82, 2.24) is 5.32 Å². The van der Waals surface area contributed by atoms with E-state index in [1.807, 2.05) is 0 Å². The average Bonchev–Trinajstić information content (AvgIpc) is 2.50. The van der Waals surface area contributed by atoms with Gasteiger partial charge >= 0.3 is 18.4 Å². The molecule has 0 spiro atoms. The van der Waals surface area contributed by atoms with Crippen LogP contribution in [0.4, 0.5) is 36.8 Å². The van der Waals surface area contributed by atoms with Gasteiger partial charge in [0.2, 0.25) is 0 Å². The van der Waals surface area contributed by atoms with Gasteiger partial charge in [0, 0.05) is 19.2 Å². The van der Waals surface area contributed by atoms with Crippen LogP contribution in [0.25, 0.3) is 0 Å². The number of amides is 3. The van der Waals surface area contributed by atoms with Crippen LogP contribution in [-0.4, -0.2) is 43.0 Å². The molecule has 3 amide bonds. The largest absolute Gasteiger partial charge is 0.430 e. The summed E-state index contributed by atoms with van der Waals surface area (Å²) in [6.45, 7) is 1.74. The van der Waals surface area contributed by atoms with Gasteiger partial charge in [-0.15, -0.1) is 0 Å². The van der Waals surface area contributed by atoms with Crippen LogP contribution in [0.1, 0.15) is 22.8 Å². The maximum Gasteiger partial charge on any atom is 0.430 e. The Hall–Kier alpha value is -2.50. The van der Waals surface area contributed by atoms with Gasteiger partial charge < -0.3 is 16.2 Å². The summed E-state index contributed by atoms with van der Waals surface area (Å²) in [7, 11) is 1.13. The van der Waals surface area contributed by atoms with Crippen LogP contribution >= 0.6 is 0 Å². The zero-order chi connectivity index (χ0) is 20.5. The normalized spacial score (nSPS) is 12.7. The van der Waals surface area contributed by atoms with Crippen molar-refractivity contribution in [3.05, 3.63) is 29.3 Å². The van der Waals surface area contributed by atoms with E-state index in [2.05, 4.69) is 5.32 Å². The molecular weight excluding hydrogens is 372 g/mol. The molecule has 0 heterocycles. The first kappa shape index (κ1) is 21.5. The van der Waals surface area contributed by atoms with Gasteiger partial charge in [-0.1, -0.05) is 6.07 Å². The van der Waals surface area contributed by atoms with Gasteiger partial charge in [-0.2, -0.15) is 26.3 Å². The standard InChI is InChI=1S/C14H15F6N3O3/c1-3-22-11(25)23(2)9-5-4-7(6-8(9)10(21)24)12(26,13(15,16)17)14(18,19)20/h4-6,26H,3H2,1-2H3,(H2,21,24)(H,22,25). The molecule has 0 radical (unpaired) electrons. The predicted molar refractivity (Wildman–Crippen MR) is 78.4 cm³/mol. The van der Waals surface area contributed by atoms with Gasteiger partial charge in [-0.3, -0.25) is 9.69 Å². The molecule has 4 N–H and O–H groups in total.